The van der Waals surface area contributed by atoms with Gasteiger partial charge in [0.2, 0.25) is 0 Å². The van der Waals surface area contributed by atoms with Crippen molar-refractivity contribution in [2.24, 2.45) is 5.73 Å². The predicted octanol–water partition coefficient (Wildman–Crippen LogP) is 1.05. The number of fused-ring (bicyclic) bond motifs is 1. The van der Waals surface area contributed by atoms with E-state index >= 15 is 0 Å². The number of para-hydroxylation sites is 1. The summed E-state index contributed by atoms with van der Waals surface area (Å²) < 4.78 is 6.52. The van der Waals surface area contributed by atoms with Crippen molar-refractivity contribution >= 4 is 22.8 Å². The van der Waals surface area contributed by atoms with Crippen LogP contribution < -0.4 is 5.73 Å². The molecule has 0 aliphatic heterocycles. The number of benzene rings is 1. The number of rotatable bonds is 6. The van der Waals surface area contributed by atoms with Crippen LogP contribution in [0.2, 0.25) is 0 Å². The number of amides is 1. The van der Waals surface area contributed by atoms with Crippen LogP contribution in [0.3, 0.4) is 0 Å². The van der Waals surface area contributed by atoms with E-state index in [-0.39, 0.29) is 19.6 Å². The fourth-order valence-electron chi connectivity index (χ4n) is 2.30. The first-order chi connectivity index (χ1) is 10.0. The number of carbonyl (C=O) groups excluding carboxylic acids is 2. The summed E-state index contributed by atoms with van der Waals surface area (Å²) in [6.07, 6.45) is 0.619. The second-order valence-electron chi connectivity index (χ2n) is 4.74. The van der Waals surface area contributed by atoms with Gasteiger partial charge >= 0.3 is 5.97 Å². The molecule has 0 saturated heterocycles. The quantitative estimate of drug-likeness (QED) is 0.778. The predicted molar refractivity (Wildman–Crippen MR) is 77.7 cm³/mol. The van der Waals surface area contributed by atoms with Crippen LogP contribution in [0.5, 0.6) is 0 Å². The highest BCUT2D eigenvalue weighted by Gasteiger charge is 2.16. The van der Waals surface area contributed by atoms with Crippen molar-refractivity contribution in [3.8, 4) is 0 Å². The third kappa shape index (κ3) is 3.41. The molecule has 1 aromatic carbocycles. The van der Waals surface area contributed by atoms with E-state index in [9.17, 15) is 14.7 Å². The van der Waals surface area contributed by atoms with Crippen LogP contribution in [-0.2, 0) is 16.1 Å². The molecule has 1 atom stereocenters. The Bertz CT molecular complexity index is 663. The third-order valence-corrected chi connectivity index (χ3v) is 3.17. The highest BCUT2D eigenvalue weighted by Crippen LogP contribution is 2.21. The topological polar surface area (TPSA) is 94.6 Å². The molecule has 0 radical (unpaired) electrons. The summed E-state index contributed by atoms with van der Waals surface area (Å²) in [5.41, 5.74) is 6.54. The summed E-state index contributed by atoms with van der Waals surface area (Å²) in [4.78, 5) is 22.8. The number of nitrogens with two attached hydrogens (primary N) is 1. The first-order valence-corrected chi connectivity index (χ1v) is 6.74. The normalized spacial score (nSPS) is 12.3. The van der Waals surface area contributed by atoms with Crippen molar-refractivity contribution in [3.63, 3.8) is 0 Å². The number of aliphatic hydroxyl groups is 1. The largest absolute Gasteiger partial charge is 0.466 e. The molecule has 1 unspecified atom stereocenters. The van der Waals surface area contributed by atoms with Gasteiger partial charge in [-0.1, -0.05) is 18.2 Å². The van der Waals surface area contributed by atoms with Crippen LogP contribution in [-0.4, -0.2) is 34.3 Å². The molecule has 0 spiro atoms. The summed E-state index contributed by atoms with van der Waals surface area (Å²) in [7, 11) is 0. The van der Waals surface area contributed by atoms with Crippen molar-refractivity contribution in [1.29, 1.82) is 0 Å². The van der Waals surface area contributed by atoms with Gasteiger partial charge in [0.25, 0.3) is 5.91 Å². The summed E-state index contributed by atoms with van der Waals surface area (Å²) in [5.74, 6) is -0.971. The maximum Gasteiger partial charge on any atom is 0.308 e. The number of hydrogen-bond donors (Lipinski definition) is 2. The average Bonchev–Trinajstić information content (AvgIpc) is 2.78. The van der Waals surface area contributed by atoms with E-state index < -0.39 is 18.0 Å². The molecule has 2 aromatic rings. The highest BCUT2D eigenvalue weighted by atomic mass is 16.5. The Morgan fingerprint density at radius 1 is 1.38 bits per heavy atom. The van der Waals surface area contributed by atoms with Crippen molar-refractivity contribution in [2.45, 2.75) is 26.0 Å². The molecule has 0 saturated carbocycles. The van der Waals surface area contributed by atoms with Crippen LogP contribution in [0.25, 0.3) is 10.9 Å². The zero-order valence-electron chi connectivity index (χ0n) is 11.8. The van der Waals surface area contributed by atoms with Gasteiger partial charge in [0.05, 0.1) is 24.7 Å². The zero-order valence-corrected chi connectivity index (χ0v) is 11.8. The molecule has 0 aliphatic rings. The number of carbonyl (C=O) groups is 2. The van der Waals surface area contributed by atoms with Gasteiger partial charge in [-0.15, -0.1) is 0 Å². The van der Waals surface area contributed by atoms with Gasteiger partial charge in [0.15, 0.2) is 0 Å². The molecule has 0 bridgehead atoms. The minimum absolute atomic E-state index is 0.0910. The molecule has 2 rings (SSSR count). The van der Waals surface area contributed by atoms with Gasteiger partial charge in [-0.2, -0.15) is 0 Å². The van der Waals surface area contributed by atoms with E-state index in [1.807, 2.05) is 18.2 Å². The Morgan fingerprint density at radius 3 is 2.76 bits per heavy atom. The van der Waals surface area contributed by atoms with Gasteiger partial charge in [-0.25, -0.2) is 0 Å². The SMILES string of the molecule is CCOC(=O)CC(O)Cn1cc(C(N)=O)c2ccccc21. The van der Waals surface area contributed by atoms with Gasteiger partial charge in [-0.05, 0) is 13.0 Å². The molecule has 1 aromatic heterocycles. The first kappa shape index (κ1) is 15.1. The van der Waals surface area contributed by atoms with Crippen molar-refractivity contribution in [3.05, 3.63) is 36.0 Å². The summed E-state index contributed by atoms with van der Waals surface area (Å²) in [6, 6.07) is 7.28. The Kier molecular flexibility index (Phi) is 4.59. The molecule has 1 heterocycles. The molecule has 21 heavy (non-hydrogen) atoms. The Hall–Kier alpha value is -2.34. The summed E-state index contributed by atoms with van der Waals surface area (Å²) >= 11 is 0. The minimum atomic E-state index is -0.888. The van der Waals surface area contributed by atoms with Crippen LogP contribution in [0.15, 0.2) is 30.5 Å². The number of aromatic nitrogens is 1. The number of esters is 1. The Morgan fingerprint density at radius 2 is 2.10 bits per heavy atom. The number of primary amides is 1. The molecule has 6 nitrogen and oxygen atoms in total. The number of nitrogens with zero attached hydrogens (tertiary/aromatic N) is 1. The lowest BCUT2D eigenvalue weighted by molar-refractivity contribution is -0.145. The second-order valence-corrected chi connectivity index (χ2v) is 4.74. The molecule has 0 fully saturated rings. The lowest BCUT2D eigenvalue weighted by Crippen LogP contribution is -2.21. The number of ether oxygens (including phenoxy) is 1. The highest BCUT2D eigenvalue weighted by molar-refractivity contribution is 6.06. The van der Waals surface area contributed by atoms with Gasteiger partial charge in [-0.3, -0.25) is 9.59 Å². The third-order valence-electron chi connectivity index (χ3n) is 3.17. The standard InChI is InChI=1S/C15H18N2O4/c1-2-21-14(19)7-10(18)8-17-9-12(15(16)20)11-5-3-4-6-13(11)17/h3-6,9-10,18H,2,7-8H2,1H3,(H2,16,20). The lowest BCUT2D eigenvalue weighted by Gasteiger charge is -2.12. The van der Waals surface area contributed by atoms with E-state index in [0.717, 1.165) is 10.9 Å². The van der Waals surface area contributed by atoms with E-state index in [1.165, 1.54) is 0 Å². The molecule has 0 aliphatic carbocycles. The number of hydrogen-bond acceptors (Lipinski definition) is 4. The molecular formula is C15H18N2O4. The Labute approximate surface area is 122 Å². The fourth-order valence-corrected chi connectivity index (χ4v) is 2.30. The molecule has 112 valence electrons. The van der Waals surface area contributed by atoms with E-state index in [4.69, 9.17) is 10.5 Å². The lowest BCUT2D eigenvalue weighted by atomic mass is 10.2. The average molecular weight is 290 g/mol. The molecule has 1 amide bonds. The maximum absolute atomic E-state index is 11.4. The molecule has 6 heteroatoms. The zero-order chi connectivity index (χ0) is 15.4. The van der Waals surface area contributed by atoms with Crippen molar-refractivity contribution < 1.29 is 19.4 Å². The van der Waals surface area contributed by atoms with E-state index in [2.05, 4.69) is 0 Å². The van der Waals surface area contributed by atoms with E-state index in [1.54, 1.807) is 23.8 Å². The monoisotopic (exact) mass is 290 g/mol. The molecular weight excluding hydrogens is 272 g/mol. The molecule has 3 N–H and O–H groups in total. The van der Waals surface area contributed by atoms with Gasteiger partial charge in [0.1, 0.15) is 0 Å². The summed E-state index contributed by atoms with van der Waals surface area (Å²) in [5, 5.41) is 10.7. The van der Waals surface area contributed by atoms with Crippen molar-refractivity contribution in [1.82, 2.24) is 4.57 Å². The van der Waals surface area contributed by atoms with Crippen LogP contribution in [0.4, 0.5) is 0 Å². The fraction of sp³-hybridized carbons (Fsp3) is 0.333. The van der Waals surface area contributed by atoms with E-state index in [0.29, 0.717) is 5.56 Å². The minimum Gasteiger partial charge on any atom is -0.466 e. The van der Waals surface area contributed by atoms with Gasteiger partial charge in [0, 0.05) is 23.6 Å². The second kappa shape index (κ2) is 6.41. The van der Waals surface area contributed by atoms with Crippen LogP contribution in [0, 0.1) is 0 Å². The Balaban J connectivity index is 2.22. The smallest absolute Gasteiger partial charge is 0.308 e. The maximum atomic E-state index is 11.4. The number of aliphatic hydroxyl groups excluding tert-OH is 1. The van der Waals surface area contributed by atoms with Crippen LogP contribution >= 0.6 is 0 Å². The van der Waals surface area contributed by atoms with Gasteiger partial charge < -0.3 is 20.1 Å². The van der Waals surface area contributed by atoms with Crippen LogP contribution in [0.1, 0.15) is 23.7 Å². The summed E-state index contributed by atoms with van der Waals surface area (Å²) in [6.45, 7) is 2.18. The van der Waals surface area contributed by atoms with Crippen molar-refractivity contribution in [2.75, 3.05) is 6.61 Å². The first-order valence-electron chi connectivity index (χ1n) is 6.74.